The SMILES string of the molecule is O=C(NC1CCSc2ccccc21)c1ccc(NS(=O)(=O)c2ccc(O)c([N+](=O)[O-])c2)cc1. The predicted molar refractivity (Wildman–Crippen MR) is 124 cm³/mol. The van der Waals surface area contributed by atoms with Gasteiger partial charge >= 0.3 is 5.69 Å². The molecule has 170 valence electrons. The number of hydrogen-bond acceptors (Lipinski definition) is 7. The van der Waals surface area contributed by atoms with E-state index in [1.54, 1.807) is 11.8 Å². The lowest BCUT2D eigenvalue weighted by Crippen LogP contribution is -2.30. The highest BCUT2D eigenvalue weighted by atomic mass is 32.2. The summed E-state index contributed by atoms with van der Waals surface area (Å²) in [6.45, 7) is 0. The van der Waals surface area contributed by atoms with Crippen LogP contribution in [0.1, 0.15) is 28.4 Å². The van der Waals surface area contributed by atoms with Gasteiger partial charge in [0.1, 0.15) is 0 Å². The third kappa shape index (κ3) is 4.94. The zero-order chi connectivity index (χ0) is 23.6. The Hall–Kier alpha value is -3.57. The monoisotopic (exact) mass is 485 g/mol. The Morgan fingerprint density at radius 1 is 1.09 bits per heavy atom. The number of rotatable bonds is 6. The van der Waals surface area contributed by atoms with Gasteiger partial charge in [-0.3, -0.25) is 19.6 Å². The highest BCUT2D eigenvalue weighted by Crippen LogP contribution is 2.36. The summed E-state index contributed by atoms with van der Waals surface area (Å²) in [6.07, 6.45) is 0.810. The molecule has 1 unspecified atom stereocenters. The van der Waals surface area contributed by atoms with E-state index < -0.39 is 26.4 Å². The first-order chi connectivity index (χ1) is 15.7. The third-order valence-corrected chi connectivity index (χ3v) is 7.62. The van der Waals surface area contributed by atoms with E-state index in [4.69, 9.17) is 0 Å². The summed E-state index contributed by atoms with van der Waals surface area (Å²) in [5.41, 5.74) is 0.915. The van der Waals surface area contributed by atoms with Gasteiger partial charge in [0.25, 0.3) is 15.9 Å². The van der Waals surface area contributed by atoms with E-state index >= 15 is 0 Å². The van der Waals surface area contributed by atoms with Crippen molar-refractivity contribution in [1.29, 1.82) is 0 Å². The second-order valence-corrected chi connectivity index (χ2v) is 10.1. The van der Waals surface area contributed by atoms with Crippen molar-refractivity contribution in [3.8, 4) is 5.75 Å². The number of nitro benzene ring substituents is 1. The van der Waals surface area contributed by atoms with Crippen molar-refractivity contribution in [3.63, 3.8) is 0 Å². The van der Waals surface area contributed by atoms with Crippen molar-refractivity contribution in [2.75, 3.05) is 10.5 Å². The van der Waals surface area contributed by atoms with E-state index in [9.17, 15) is 28.4 Å². The molecule has 0 bridgehead atoms. The van der Waals surface area contributed by atoms with Crippen molar-refractivity contribution in [2.45, 2.75) is 22.3 Å². The molecule has 0 radical (unpaired) electrons. The number of nitrogens with one attached hydrogen (secondary N) is 2. The topological polar surface area (TPSA) is 139 Å². The Balaban J connectivity index is 1.47. The van der Waals surface area contributed by atoms with E-state index in [2.05, 4.69) is 10.0 Å². The van der Waals surface area contributed by atoms with Gasteiger partial charge < -0.3 is 10.4 Å². The molecule has 0 saturated heterocycles. The van der Waals surface area contributed by atoms with Gasteiger partial charge in [-0.25, -0.2) is 8.42 Å². The third-order valence-electron chi connectivity index (χ3n) is 5.12. The van der Waals surface area contributed by atoms with Crippen molar-refractivity contribution in [1.82, 2.24) is 5.32 Å². The number of amides is 1. The number of fused-ring (bicyclic) bond motifs is 1. The van der Waals surface area contributed by atoms with Gasteiger partial charge in [-0.1, -0.05) is 18.2 Å². The molecule has 4 rings (SSSR count). The van der Waals surface area contributed by atoms with E-state index in [1.807, 2.05) is 24.3 Å². The summed E-state index contributed by atoms with van der Waals surface area (Å²) in [4.78, 5) is 23.6. The lowest BCUT2D eigenvalue weighted by atomic mass is 10.0. The number of anilines is 1. The Bertz CT molecular complexity index is 1330. The number of sulfonamides is 1. The van der Waals surface area contributed by atoms with Crippen LogP contribution < -0.4 is 10.0 Å². The molecule has 0 fully saturated rings. The minimum Gasteiger partial charge on any atom is -0.502 e. The Kier molecular flexibility index (Phi) is 6.25. The van der Waals surface area contributed by atoms with Crippen LogP contribution in [0.2, 0.25) is 0 Å². The average molecular weight is 486 g/mol. The van der Waals surface area contributed by atoms with E-state index in [0.29, 0.717) is 5.56 Å². The largest absolute Gasteiger partial charge is 0.502 e. The number of carbonyl (C=O) groups excluding carboxylic acids is 1. The van der Waals surface area contributed by atoms with Crippen molar-refractivity contribution in [3.05, 3.63) is 88.0 Å². The Morgan fingerprint density at radius 2 is 1.82 bits per heavy atom. The van der Waals surface area contributed by atoms with Crippen molar-refractivity contribution >= 4 is 39.1 Å². The maximum atomic E-state index is 12.7. The summed E-state index contributed by atoms with van der Waals surface area (Å²) >= 11 is 1.76. The first kappa shape index (κ1) is 22.6. The van der Waals surface area contributed by atoms with Crippen LogP contribution in [0.25, 0.3) is 0 Å². The number of phenols is 1. The smallest absolute Gasteiger partial charge is 0.312 e. The number of nitro groups is 1. The van der Waals surface area contributed by atoms with Gasteiger partial charge in [0, 0.05) is 28.0 Å². The molecule has 3 N–H and O–H groups in total. The lowest BCUT2D eigenvalue weighted by molar-refractivity contribution is -0.386. The zero-order valence-corrected chi connectivity index (χ0v) is 18.7. The fourth-order valence-electron chi connectivity index (χ4n) is 3.45. The highest BCUT2D eigenvalue weighted by Gasteiger charge is 2.23. The molecular formula is C22H19N3O6S2. The minimum absolute atomic E-state index is 0.0987. The highest BCUT2D eigenvalue weighted by molar-refractivity contribution is 7.99. The van der Waals surface area contributed by atoms with E-state index in [1.165, 1.54) is 24.3 Å². The summed E-state index contributed by atoms with van der Waals surface area (Å²) in [7, 11) is -4.14. The second-order valence-electron chi connectivity index (χ2n) is 7.29. The van der Waals surface area contributed by atoms with Crippen LogP contribution in [0, 0.1) is 10.1 Å². The molecule has 0 saturated carbocycles. The standard InChI is InChI=1S/C22H19N3O6S2/c26-20-10-9-16(13-19(20)25(28)29)33(30,31)24-15-7-5-14(6-8-15)22(27)23-18-11-12-32-21-4-2-1-3-17(18)21/h1-10,13,18,24,26H,11-12H2,(H,23,27). The molecule has 9 nitrogen and oxygen atoms in total. The maximum Gasteiger partial charge on any atom is 0.312 e. The molecule has 1 heterocycles. The fraction of sp³-hybridized carbons (Fsp3) is 0.136. The zero-order valence-electron chi connectivity index (χ0n) is 17.1. The molecule has 1 aliphatic rings. The van der Waals surface area contributed by atoms with Crippen LogP contribution in [0.15, 0.2) is 76.5 Å². The minimum atomic E-state index is -4.14. The Morgan fingerprint density at radius 3 is 2.55 bits per heavy atom. The number of thioether (sulfide) groups is 1. The van der Waals surface area contributed by atoms with Gasteiger partial charge in [0.15, 0.2) is 5.75 Å². The van der Waals surface area contributed by atoms with Crippen LogP contribution >= 0.6 is 11.8 Å². The summed E-state index contributed by atoms with van der Waals surface area (Å²) in [5, 5.41) is 23.5. The van der Waals surface area contributed by atoms with E-state index in [0.717, 1.165) is 40.8 Å². The average Bonchev–Trinajstić information content (AvgIpc) is 2.79. The molecule has 33 heavy (non-hydrogen) atoms. The number of hydrogen-bond donors (Lipinski definition) is 3. The number of phenolic OH excluding ortho intramolecular Hbond substituents is 1. The van der Waals surface area contributed by atoms with Crippen LogP contribution in [0.4, 0.5) is 11.4 Å². The number of carbonyl (C=O) groups is 1. The van der Waals surface area contributed by atoms with Crippen molar-refractivity contribution < 1.29 is 23.2 Å². The van der Waals surface area contributed by atoms with Gasteiger partial charge in [0.2, 0.25) is 0 Å². The summed E-state index contributed by atoms with van der Waals surface area (Å²) in [5.74, 6) is -0.00303. The molecule has 3 aromatic carbocycles. The number of benzene rings is 3. The first-order valence-corrected chi connectivity index (χ1v) is 12.3. The maximum absolute atomic E-state index is 12.7. The molecule has 0 spiro atoms. The molecule has 1 amide bonds. The molecule has 0 aromatic heterocycles. The Labute approximate surface area is 194 Å². The fourth-order valence-corrected chi connectivity index (χ4v) is 5.66. The van der Waals surface area contributed by atoms with Crippen LogP contribution in [0.3, 0.4) is 0 Å². The molecule has 0 aliphatic carbocycles. The number of nitrogens with zero attached hydrogens (tertiary/aromatic N) is 1. The summed E-state index contributed by atoms with van der Waals surface area (Å²) < 4.78 is 27.5. The molecule has 11 heteroatoms. The van der Waals surface area contributed by atoms with Gasteiger partial charge in [-0.05, 0) is 54.4 Å². The van der Waals surface area contributed by atoms with Crippen LogP contribution in [-0.4, -0.2) is 30.1 Å². The van der Waals surface area contributed by atoms with Gasteiger partial charge in [-0.2, -0.15) is 0 Å². The van der Waals surface area contributed by atoms with Crippen LogP contribution in [-0.2, 0) is 10.0 Å². The molecular weight excluding hydrogens is 466 g/mol. The van der Waals surface area contributed by atoms with E-state index in [-0.39, 0.29) is 22.5 Å². The van der Waals surface area contributed by atoms with Gasteiger partial charge in [-0.15, -0.1) is 11.8 Å². The predicted octanol–water partition coefficient (Wildman–Crippen LogP) is 4.07. The van der Waals surface area contributed by atoms with Crippen LogP contribution in [0.5, 0.6) is 5.75 Å². The lowest BCUT2D eigenvalue weighted by Gasteiger charge is -2.25. The quantitative estimate of drug-likeness (QED) is 0.353. The van der Waals surface area contributed by atoms with Gasteiger partial charge in [0.05, 0.1) is 15.9 Å². The second kappa shape index (κ2) is 9.12. The molecule has 1 aliphatic heterocycles. The number of aromatic hydroxyl groups is 1. The molecule has 3 aromatic rings. The van der Waals surface area contributed by atoms with Crippen molar-refractivity contribution in [2.24, 2.45) is 0 Å². The summed E-state index contributed by atoms with van der Waals surface area (Å²) in [6, 6.07) is 16.5. The molecule has 1 atom stereocenters. The first-order valence-electron chi connectivity index (χ1n) is 9.87. The normalized spacial score (nSPS) is 15.3.